The summed E-state index contributed by atoms with van der Waals surface area (Å²) in [6, 6.07) is -0.974. The van der Waals surface area contributed by atoms with Gasteiger partial charge in [-0.1, -0.05) is 6.92 Å². The predicted octanol–water partition coefficient (Wildman–Crippen LogP) is 3.85. The molecule has 2 fully saturated rings. The van der Waals surface area contributed by atoms with Gasteiger partial charge in [0, 0.05) is 31.5 Å². The Kier molecular flexibility index (Phi) is 6.49. The highest BCUT2D eigenvalue weighted by molar-refractivity contribution is 5.98. The van der Waals surface area contributed by atoms with Crippen molar-refractivity contribution in [1.82, 2.24) is 9.80 Å². The van der Waals surface area contributed by atoms with Gasteiger partial charge in [-0.25, -0.2) is 4.79 Å². The second kappa shape index (κ2) is 8.54. The Bertz CT molecular complexity index is 846. The molecule has 6 nitrogen and oxygen atoms in total. The number of carboxylic acid groups (broad SMARTS) is 1. The third-order valence-electron chi connectivity index (χ3n) is 5.78. The molecule has 2 aliphatic heterocycles. The molecular weight excluding hydrogens is 446 g/mol. The van der Waals surface area contributed by atoms with Crippen LogP contribution in [0.1, 0.15) is 47.7 Å². The third-order valence-corrected chi connectivity index (χ3v) is 5.78. The third kappa shape index (κ3) is 4.70. The fourth-order valence-corrected chi connectivity index (χ4v) is 4.22. The lowest BCUT2D eigenvalue weighted by molar-refractivity contribution is -0.145. The molecule has 0 radical (unpaired) electrons. The van der Waals surface area contributed by atoms with Gasteiger partial charge in [0.1, 0.15) is 5.72 Å². The molecule has 0 saturated carbocycles. The minimum Gasteiger partial charge on any atom is -0.480 e. The van der Waals surface area contributed by atoms with Crippen LogP contribution in [0.5, 0.6) is 0 Å². The first-order valence-electron chi connectivity index (χ1n) is 10.0. The number of halogens is 6. The number of rotatable bonds is 4. The zero-order chi connectivity index (χ0) is 23.9. The average molecular weight is 468 g/mol. The van der Waals surface area contributed by atoms with Crippen molar-refractivity contribution in [2.24, 2.45) is 0 Å². The van der Waals surface area contributed by atoms with Gasteiger partial charge in [-0.3, -0.25) is 9.69 Å². The summed E-state index contributed by atoms with van der Waals surface area (Å²) in [6.07, 6.45) is -9.03. The van der Waals surface area contributed by atoms with E-state index in [-0.39, 0.29) is 18.9 Å². The second-order valence-corrected chi connectivity index (χ2v) is 7.92. The van der Waals surface area contributed by atoms with E-state index in [4.69, 9.17) is 4.74 Å². The Balaban J connectivity index is 2.03. The van der Waals surface area contributed by atoms with Crippen molar-refractivity contribution in [2.75, 3.05) is 26.2 Å². The first-order valence-corrected chi connectivity index (χ1v) is 10.0. The molecule has 1 N–H and O–H groups in total. The molecule has 3 rings (SSSR count). The lowest BCUT2D eigenvalue weighted by Gasteiger charge is -2.44. The molecule has 1 spiro atoms. The van der Waals surface area contributed by atoms with E-state index in [0.29, 0.717) is 25.2 Å². The highest BCUT2D eigenvalue weighted by Gasteiger charge is 2.54. The predicted molar refractivity (Wildman–Crippen MR) is 98.7 cm³/mol. The van der Waals surface area contributed by atoms with Gasteiger partial charge in [0.15, 0.2) is 6.04 Å². The molecule has 0 bridgehead atoms. The van der Waals surface area contributed by atoms with Crippen molar-refractivity contribution in [3.05, 3.63) is 34.9 Å². The molecule has 0 aromatic heterocycles. The van der Waals surface area contributed by atoms with Crippen LogP contribution in [0.2, 0.25) is 0 Å². The summed E-state index contributed by atoms with van der Waals surface area (Å²) >= 11 is 0. The highest BCUT2D eigenvalue weighted by atomic mass is 19.4. The minimum atomic E-state index is -5.13. The number of aliphatic carboxylic acids is 1. The number of piperidine rings is 1. The molecule has 2 heterocycles. The number of likely N-dealkylation sites (tertiary alicyclic amines) is 1. The molecule has 1 amide bonds. The van der Waals surface area contributed by atoms with E-state index in [1.54, 1.807) is 0 Å². The Morgan fingerprint density at radius 1 is 1.06 bits per heavy atom. The van der Waals surface area contributed by atoms with E-state index in [2.05, 4.69) is 4.90 Å². The van der Waals surface area contributed by atoms with E-state index in [1.165, 1.54) is 0 Å². The molecule has 2 aliphatic rings. The summed E-state index contributed by atoms with van der Waals surface area (Å²) in [4.78, 5) is 27.9. The van der Waals surface area contributed by atoms with Gasteiger partial charge in [-0.2, -0.15) is 26.3 Å². The van der Waals surface area contributed by atoms with Crippen molar-refractivity contribution < 1.29 is 45.8 Å². The van der Waals surface area contributed by atoms with Gasteiger partial charge >= 0.3 is 18.3 Å². The first kappa shape index (κ1) is 24.3. The SMILES string of the molecule is CCCN1CCC2(CC1)OC[C@H](C(=O)O)N2C(=O)c1cc(C(F)(F)F)cc(C(F)(F)F)c1. The topological polar surface area (TPSA) is 70.1 Å². The number of carbonyl (C=O) groups is 2. The quantitative estimate of drug-likeness (QED) is 0.680. The number of amides is 1. The van der Waals surface area contributed by atoms with Crippen LogP contribution in [0.15, 0.2) is 18.2 Å². The fourth-order valence-electron chi connectivity index (χ4n) is 4.22. The van der Waals surface area contributed by atoms with Crippen molar-refractivity contribution >= 4 is 11.9 Å². The summed E-state index contributed by atoms with van der Waals surface area (Å²) in [5, 5.41) is 9.55. The summed E-state index contributed by atoms with van der Waals surface area (Å²) in [7, 11) is 0. The van der Waals surface area contributed by atoms with Gasteiger partial charge in [0.05, 0.1) is 17.7 Å². The molecule has 1 aromatic rings. The number of carbonyl (C=O) groups excluding carboxylic acids is 1. The van der Waals surface area contributed by atoms with E-state index in [1.807, 2.05) is 6.92 Å². The van der Waals surface area contributed by atoms with Crippen LogP contribution in [-0.4, -0.2) is 64.8 Å². The maximum atomic E-state index is 13.2. The summed E-state index contributed by atoms with van der Waals surface area (Å²) < 4.78 is 85.1. The standard InChI is InChI=1S/C20H22F6N2O4/c1-2-5-27-6-3-18(4-7-27)28(15(11-32-18)17(30)31)16(29)12-8-13(19(21,22)23)10-14(9-12)20(24,25)26/h8-10,15H,2-7,11H2,1H3,(H,30,31)/t15-/m1/s1. The Morgan fingerprint density at radius 3 is 2.03 bits per heavy atom. The van der Waals surface area contributed by atoms with E-state index >= 15 is 0 Å². The van der Waals surface area contributed by atoms with Crippen molar-refractivity contribution in [1.29, 1.82) is 0 Å². The van der Waals surface area contributed by atoms with Crippen LogP contribution >= 0.6 is 0 Å². The lowest BCUT2D eigenvalue weighted by atomic mass is 9.95. The maximum Gasteiger partial charge on any atom is 0.416 e. The largest absolute Gasteiger partial charge is 0.480 e. The first-order chi connectivity index (χ1) is 14.8. The zero-order valence-corrected chi connectivity index (χ0v) is 17.1. The smallest absolute Gasteiger partial charge is 0.416 e. The molecule has 178 valence electrons. The van der Waals surface area contributed by atoms with Crippen LogP contribution in [0.3, 0.4) is 0 Å². The van der Waals surface area contributed by atoms with Crippen molar-refractivity contribution in [3.8, 4) is 0 Å². The number of hydrogen-bond acceptors (Lipinski definition) is 4. The van der Waals surface area contributed by atoms with Crippen LogP contribution in [0, 0.1) is 0 Å². The number of benzene rings is 1. The molecule has 2 saturated heterocycles. The highest BCUT2D eigenvalue weighted by Crippen LogP contribution is 2.41. The molecule has 32 heavy (non-hydrogen) atoms. The maximum absolute atomic E-state index is 13.2. The van der Waals surface area contributed by atoms with Gasteiger partial charge in [0.25, 0.3) is 5.91 Å². The molecule has 0 aliphatic carbocycles. The second-order valence-electron chi connectivity index (χ2n) is 7.92. The number of alkyl halides is 6. The molecule has 0 unspecified atom stereocenters. The van der Waals surface area contributed by atoms with Gasteiger partial charge in [-0.05, 0) is 31.2 Å². The van der Waals surface area contributed by atoms with E-state index < -0.39 is 59.3 Å². The number of hydrogen-bond donors (Lipinski definition) is 1. The normalized spacial score (nSPS) is 21.8. The lowest BCUT2D eigenvalue weighted by Crippen LogP contribution is -2.58. The van der Waals surface area contributed by atoms with Crippen LogP contribution in [0.4, 0.5) is 26.3 Å². The monoisotopic (exact) mass is 468 g/mol. The van der Waals surface area contributed by atoms with Crippen LogP contribution < -0.4 is 0 Å². The number of carboxylic acids is 1. The van der Waals surface area contributed by atoms with E-state index in [0.717, 1.165) is 17.9 Å². The zero-order valence-electron chi connectivity index (χ0n) is 17.1. The molecule has 12 heteroatoms. The van der Waals surface area contributed by atoms with Gasteiger partial charge < -0.3 is 14.7 Å². The van der Waals surface area contributed by atoms with Crippen LogP contribution in [0.25, 0.3) is 0 Å². The summed E-state index contributed by atoms with van der Waals surface area (Å²) in [5.41, 5.74) is -5.58. The van der Waals surface area contributed by atoms with Crippen LogP contribution in [-0.2, 0) is 21.9 Å². The van der Waals surface area contributed by atoms with Gasteiger partial charge in [-0.15, -0.1) is 0 Å². The molecule has 1 atom stereocenters. The number of ether oxygens (including phenoxy) is 1. The van der Waals surface area contributed by atoms with Gasteiger partial charge in [0.2, 0.25) is 0 Å². The Labute approximate surface area is 179 Å². The summed E-state index contributed by atoms with van der Waals surface area (Å²) in [6.45, 7) is 3.22. The minimum absolute atomic E-state index is 0.0784. The van der Waals surface area contributed by atoms with Crippen molar-refractivity contribution in [2.45, 2.75) is 50.3 Å². The number of nitrogens with zero attached hydrogens (tertiary/aromatic N) is 2. The Hall–Kier alpha value is -2.34. The molecular formula is C20H22F6N2O4. The summed E-state index contributed by atoms with van der Waals surface area (Å²) in [5.74, 6) is -2.69. The molecule has 1 aromatic carbocycles. The Morgan fingerprint density at radius 2 is 1.59 bits per heavy atom. The fraction of sp³-hybridized carbons (Fsp3) is 0.600. The van der Waals surface area contributed by atoms with Crippen molar-refractivity contribution in [3.63, 3.8) is 0 Å². The van der Waals surface area contributed by atoms with E-state index in [9.17, 15) is 41.0 Å². The average Bonchev–Trinajstić information content (AvgIpc) is 3.07.